The van der Waals surface area contributed by atoms with Gasteiger partial charge in [0.05, 0.1) is 0 Å². The van der Waals surface area contributed by atoms with Crippen molar-refractivity contribution in [2.24, 2.45) is 0 Å². The summed E-state index contributed by atoms with van der Waals surface area (Å²) in [6.07, 6.45) is 2.39. The van der Waals surface area contributed by atoms with Crippen molar-refractivity contribution in [3.05, 3.63) is 63.9 Å². The molecule has 0 aliphatic heterocycles. The Morgan fingerprint density at radius 1 is 1.33 bits per heavy atom. The molecule has 3 rings (SSSR count). The van der Waals surface area contributed by atoms with E-state index >= 15 is 0 Å². The van der Waals surface area contributed by atoms with Crippen LogP contribution in [0.15, 0.2) is 46.4 Å². The Labute approximate surface area is 143 Å². The molecule has 2 aromatic heterocycles. The number of nitrogens with zero attached hydrogens (tertiary/aromatic N) is 2. The topological polar surface area (TPSA) is 80.0 Å². The number of hydrogen-bond acceptors (Lipinski definition) is 5. The van der Waals surface area contributed by atoms with E-state index in [0.717, 1.165) is 10.6 Å². The quantitative estimate of drug-likeness (QED) is 0.736. The molecule has 0 radical (unpaired) electrons. The first-order valence-corrected chi connectivity index (χ1v) is 8.54. The Morgan fingerprint density at radius 3 is 2.79 bits per heavy atom. The maximum absolute atomic E-state index is 12.5. The zero-order chi connectivity index (χ0) is 16.9. The molecule has 0 fully saturated rings. The van der Waals surface area contributed by atoms with Crippen LogP contribution in [-0.4, -0.2) is 16.2 Å². The van der Waals surface area contributed by atoms with Crippen molar-refractivity contribution in [1.82, 2.24) is 15.5 Å². The number of aryl methyl sites for hydroxylation is 2. The first-order valence-electron chi connectivity index (χ1n) is 7.66. The fraction of sp³-hybridized carbons (Fsp3) is 0.235. The summed E-state index contributed by atoms with van der Waals surface area (Å²) in [5, 5.41) is 12.4. The summed E-state index contributed by atoms with van der Waals surface area (Å²) < 4.78 is 5.20. The molecule has 0 saturated heterocycles. The van der Waals surface area contributed by atoms with E-state index < -0.39 is 0 Å². The van der Waals surface area contributed by atoms with Gasteiger partial charge >= 0.3 is 6.03 Å². The number of carbonyl (C=O) groups is 1. The van der Waals surface area contributed by atoms with E-state index in [1.165, 1.54) is 11.3 Å². The maximum Gasteiger partial charge on any atom is 0.320 e. The van der Waals surface area contributed by atoms with Gasteiger partial charge in [-0.2, -0.15) is 0 Å². The fourth-order valence-electron chi connectivity index (χ4n) is 2.41. The van der Waals surface area contributed by atoms with Gasteiger partial charge in [0.25, 0.3) is 0 Å². The third-order valence-corrected chi connectivity index (χ3v) is 4.44. The number of nitrogens with one attached hydrogen (secondary N) is 2. The number of anilines is 1. The van der Waals surface area contributed by atoms with E-state index in [-0.39, 0.29) is 12.1 Å². The van der Waals surface area contributed by atoms with Crippen LogP contribution in [-0.2, 0) is 6.42 Å². The van der Waals surface area contributed by atoms with Crippen LogP contribution in [0, 0.1) is 6.92 Å². The van der Waals surface area contributed by atoms with E-state index in [4.69, 9.17) is 4.52 Å². The third kappa shape index (κ3) is 3.46. The molecule has 2 amide bonds. The molecular weight excluding hydrogens is 324 g/mol. The van der Waals surface area contributed by atoms with E-state index in [1.807, 2.05) is 42.6 Å². The number of thiazole rings is 1. The van der Waals surface area contributed by atoms with E-state index in [1.54, 1.807) is 13.1 Å². The zero-order valence-corrected chi connectivity index (χ0v) is 14.3. The molecule has 3 aromatic rings. The van der Waals surface area contributed by atoms with Crippen LogP contribution in [0.5, 0.6) is 0 Å². The smallest absolute Gasteiger partial charge is 0.320 e. The number of amides is 2. The second-order valence-corrected chi connectivity index (χ2v) is 6.16. The Hall–Kier alpha value is -2.67. The maximum atomic E-state index is 12.5. The van der Waals surface area contributed by atoms with Gasteiger partial charge in [-0.25, -0.2) is 9.78 Å². The van der Waals surface area contributed by atoms with Gasteiger partial charge in [0, 0.05) is 18.0 Å². The van der Waals surface area contributed by atoms with Gasteiger partial charge in [0.15, 0.2) is 5.76 Å². The van der Waals surface area contributed by atoms with Crippen LogP contribution in [0.3, 0.4) is 0 Å². The second-order valence-electron chi connectivity index (χ2n) is 5.23. The fourth-order valence-corrected chi connectivity index (χ4v) is 3.12. The molecule has 0 bridgehead atoms. The highest BCUT2D eigenvalue weighted by Crippen LogP contribution is 2.25. The van der Waals surface area contributed by atoms with Crippen LogP contribution in [0.4, 0.5) is 10.5 Å². The Kier molecular flexibility index (Phi) is 4.90. The van der Waals surface area contributed by atoms with Crippen molar-refractivity contribution in [2.75, 3.05) is 5.32 Å². The average molecular weight is 342 g/mol. The highest BCUT2D eigenvalue weighted by Gasteiger charge is 2.21. The van der Waals surface area contributed by atoms with Crippen molar-refractivity contribution in [3.63, 3.8) is 0 Å². The van der Waals surface area contributed by atoms with E-state index in [0.29, 0.717) is 23.6 Å². The summed E-state index contributed by atoms with van der Waals surface area (Å²) in [7, 11) is 0. The van der Waals surface area contributed by atoms with Gasteiger partial charge in [-0.15, -0.1) is 11.3 Å². The normalized spacial score (nSPS) is 11.9. The van der Waals surface area contributed by atoms with Crippen LogP contribution in [0.25, 0.3) is 0 Å². The molecule has 0 unspecified atom stereocenters. The van der Waals surface area contributed by atoms with Gasteiger partial charge < -0.3 is 15.2 Å². The summed E-state index contributed by atoms with van der Waals surface area (Å²) in [5.74, 6) is 0.660. The van der Waals surface area contributed by atoms with Crippen molar-refractivity contribution < 1.29 is 9.32 Å². The van der Waals surface area contributed by atoms with Crippen LogP contribution in [0.1, 0.15) is 35.0 Å². The average Bonchev–Trinajstić information content (AvgIpc) is 3.24. The minimum Gasteiger partial charge on any atom is -0.359 e. The lowest BCUT2D eigenvalue weighted by molar-refractivity contribution is 0.250. The van der Waals surface area contributed by atoms with Crippen molar-refractivity contribution in [1.29, 1.82) is 0 Å². The summed E-state index contributed by atoms with van der Waals surface area (Å²) in [5.41, 5.74) is 2.26. The van der Waals surface area contributed by atoms with E-state index in [2.05, 4.69) is 20.8 Å². The Morgan fingerprint density at radius 2 is 2.12 bits per heavy atom. The molecule has 6 nitrogen and oxygen atoms in total. The summed E-state index contributed by atoms with van der Waals surface area (Å²) in [6, 6.07) is 9.12. The summed E-state index contributed by atoms with van der Waals surface area (Å²) >= 11 is 1.50. The first-order chi connectivity index (χ1) is 11.7. The Bertz CT molecular complexity index is 799. The number of hydrogen-bond donors (Lipinski definition) is 2. The molecule has 2 N–H and O–H groups in total. The molecule has 0 aliphatic rings. The monoisotopic (exact) mass is 342 g/mol. The third-order valence-electron chi connectivity index (χ3n) is 3.60. The highest BCUT2D eigenvalue weighted by atomic mass is 32.1. The van der Waals surface area contributed by atoms with Crippen LogP contribution >= 0.6 is 11.3 Å². The van der Waals surface area contributed by atoms with Gasteiger partial charge in [-0.3, -0.25) is 0 Å². The molecule has 0 aliphatic carbocycles. The molecule has 7 heteroatoms. The van der Waals surface area contributed by atoms with Crippen molar-refractivity contribution in [2.45, 2.75) is 26.3 Å². The number of rotatable bonds is 5. The van der Waals surface area contributed by atoms with Gasteiger partial charge in [-0.05, 0) is 12.5 Å². The number of benzene rings is 1. The summed E-state index contributed by atoms with van der Waals surface area (Å²) in [6.45, 7) is 3.75. The van der Waals surface area contributed by atoms with Gasteiger partial charge in [-0.1, -0.05) is 42.4 Å². The zero-order valence-electron chi connectivity index (χ0n) is 13.4. The lowest BCUT2D eigenvalue weighted by Crippen LogP contribution is -2.33. The molecule has 1 aromatic carbocycles. The molecule has 124 valence electrons. The molecule has 2 heterocycles. The second kappa shape index (κ2) is 7.27. The minimum absolute atomic E-state index is 0.309. The molecule has 0 saturated carbocycles. The first kappa shape index (κ1) is 16.2. The predicted octanol–water partition coefficient (Wildman–Crippen LogP) is 3.91. The highest BCUT2D eigenvalue weighted by molar-refractivity contribution is 7.09. The van der Waals surface area contributed by atoms with Gasteiger partial charge in [0.1, 0.15) is 22.4 Å². The molecule has 0 spiro atoms. The lowest BCUT2D eigenvalue weighted by Gasteiger charge is -2.17. The number of carbonyl (C=O) groups excluding carboxylic acids is 1. The SMILES string of the molecule is CCc1onc(C)c1NC(=O)N[C@H](c1ccccc1)c1nccs1. The minimum atomic E-state index is -0.319. The standard InChI is InChI=1S/C17H18N4O2S/c1-3-13-14(11(2)21-23-13)19-17(22)20-15(16-18-9-10-24-16)12-7-5-4-6-8-12/h4-10,15H,3H2,1-2H3,(H2,19,20,22)/t15-/m1/s1. The predicted molar refractivity (Wildman–Crippen MR) is 93.2 cm³/mol. The largest absolute Gasteiger partial charge is 0.359 e. The Balaban J connectivity index is 1.80. The number of aromatic nitrogens is 2. The van der Waals surface area contributed by atoms with Crippen molar-refractivity contribution >= 4 is 23.1 Å². The molecular formula is C17H18N4O2S. The van der Waals surface area contributed by atoms with E-state index in [9.17, 15) is 4.79 Å². The van der Waals surface area contributed by atoms with Crippen LogP contribution in [0.2, 0.25) is 0 Å². The van der Waals surface area contributed by atoms with Crippen LogP contribution < -0.4 is 10.6 Å². The van der Waals surface area contributed by atoms with Crippen molar-refractivity contribution in [3.8, 4) is 0 Å². The molecule has 1 atom stereocenters. The molecule has 24 heavy (non-hydrogen) atoms. The number of urea groups is 1. The lowest BCUT2D eigenvalue weighted by atomic mass is 10.1. The summed E-state index contributed by atoms with van der Waals surface area (Å²) in [4.78, 5) is 16.8. The van der Waals surface area contributed by atoms with Gasteiger partial charge in [0.2, 0.25) is 0 Å².